The molecule has 0 saturated heterocycles. The quantitative estimate of drug-likeness (QED) is 0.638. The lowest BCUT2D eigenvalue weighted by atomic mass is 10.3. The van der Waals surface area contributed by atoms with Crippen LogP contribution in [0.4, 0.5) is 0 Å². The first kappa shape index (κ1) is 12.9. The fourth-order valence-electron chi connectivity index (χ4n) is 1.67. The second kappa shape index (κ2) is 4.99. The second-order valence-electron chi connectivity index (χ2n) is 4.05. The summed E-state index contributed by atoms with van der Waals surface area (Å²) in [5.74, 6) is 0. The minimum atomic E-state index is -0.0677. The molecule has 2 aromatic heterocycles. The van der Waals surface area contributed by atoms with Crippen LogP contribution >= 0.6 is 23.6 Å². The number of allylic oxidation sites excluding steroid dienone is 2. The van der Waals surface area contributed by atoms with Crippen LogP contribution in [0.2, 0.25) is 0 Å². The molecule has 0 fully saturated rings. The third-order valence-electron chi connectivity index (χ3n) is 2.39. The molecule has 0 unspecified atom stereocenters. The van der Waals surface area contributed by atoms with Crippen molar-refractivity contribution in [2.75, 3.05) is 0 Å². The van der Waals surface area contributed by atoms with Gasteiger partial charge in [-0.05, 0) is 19.1 Å². The van der Waals surface area contributed by atoms with Crippen LogP contribution < -0.4 is 5.56 Å². The van der Waals surface area contributed by atoms with Gasteiger partial charge in [-0.15, -0.1) is 6.58 Å². The molecule has 0 saturated carbocycles. The van der Waals surface area contributed by atoms with E-state index in [0.29, 0.717) is 27.4 Å². The zero-order valence-corrected chi connectivity index (χ0v) is 11.7. The summed E-state index contributed by atoms with van der Waals surface area (Å²) in [6.07, 6.45) is 3.28. The van der Waals surface area contributed by atoms with Gasteiger partial charge in [0, 0.05) is 13.1 Å². The summed E-state index contributed by atoms with van der Waals surface area (Å²) >= 11 is 6.53. The molecule has 0 aliphatic rings. The molecule has 0 radical (unpaired) electrons. The van der Waals surface area contributed by atoms with Gasteiger partial charge in [0.2, 0.25) is 0 Å². The van der Waals surface area contributed by atoms with E-state index in [9.17, 15) is 4.79 Å². The van der Waals surface area contributed by atoms with Crippen molar-refractivity contribution in [3.8, 4) is 0 Å². The summed E-state index contributed by atoms with van der Waals surface area (Å²) in [4.78, 5) is 16.6. The van der Waals surface area contributed by atoms with Gasteiger partial charge in [-0.1, -0.05) is 29.6 Å². The molecule has 2 heterocycles. The topological polar surface area (TPSA) is 39.8 Å². The summed E-state index contributed by atoms with van der Waals surface area (Å²) in [6, 6.07) is 0. The van der Waals surface area contributed by atoms with Gasteiger partial charge in [-0.25, -0.2) is 4.98 Å². The molecule has 0 amide bonds. The van der Waals surface area contributed by atoms with Crippen LogP contribution in [0.5, 0.6) is 0 Å². The lowest BCUT2D eigenvalue weighted by Crippen LogP contribution is -2.20. The molecule has 4 nitrogen and oxygen atoms in total. The molecule has 0 spiro atoms. The van der Waals surface area contributed by atoms with E-state index < -0.39 is 0 Å². The SMILES string of the molecule is C=CCn1c(=S)sc2c(=O)n(CC(=C)C)cnc21. The number of nitrogens with zero attached hydrogens (tertiary/aromatic N) is 3. The van der Waals surface area contributed by atoms with Gasteiger partial charge in [0.05, 0.1) is 0 Å². The van der Waals surface area contributed by atoms with Crippen LogP contribution in [0, 0.1) is 3.95 Å². The lowest BCUT2D eigenvalue weighted by molar-refractivity contribution is 0.732. The van der Waals surface area contributed by atoms with Gasteiger partial charge in [0.1, 0.15) is 11.0 Å². The Morgan fingerprint density at radius 1 is 1.67 bits per heavy atom. The third-order valence-corrected chi connectivity index (χ3v) is 3.82. The Labute approximate surface area is 114 Å². The maximum absolute atomic E-state index is 12.2. The number of thiazole rings is 1. The maximum Gasteiger partial charge on any atom is 0.273 e. The first-order valence-electron chi connectivity index (χ1n) is 5.38. The monoisotopic (exact) mass is 279 g/mol. The molecule has 0 aromatic carbocycles. The van der Waals surface area contributed by atoms with Crippen molar-refractivity contribution in [1.82, 2.24) is 14.1 Å². The van der Waals surface area contributed by atoms with Crippen molar-refractivity contribution in [1.29, 1.82) is 0 Å². The van der Waals surface area contributed by atoms with Crippen molar-refractivity contribution in [3.05, 3.63) is 45.4 Å². The van der Waals surface area contributed by atoms with Crippen molar-refractivity contribution in [2.24, 2.45) is 0 Å². The zero-order valence-electron chi connectivity index (χ0n) is 10.0. The van der Waals surface area contributed by atoms with E-state index >= 15 is 0 Å². The van der Waals surface area contributed by atoms with Crippen LogP contribution in [0.1, 0.15) is 6.92 Å². The van der Waals surface area contributed by atoms with E-state index in [-0.39, 0.29) is 5.56 Å². The Bertz CT molecular complexity index is 736. The number of hydrogen-bond acceptors (Lipinski definition) is 4. The maximum atomic E-state index is 12.2. The van der Waals surface area contributed by atoms with Crippen molar-refractivity contribution >= 4 is 33.9 Å². The standard InChI is InChI=1S/C12H13N3OS2/c1-4-5-15-10-9(18-12(15)17)11(16)14(7-13-10)6-8(2)3/h4,7H,1-2,5-6H2,3H3. The van der Waals surface area contributed by atoms with Crippen LogP contribution in [0.15, 0.2) is 35.9 Å². The lowest BCUT2D eigenvalue weighted by Gasteiger charge is -2.04. The van der Waals surface area contributed by atoms with Crippen molar-refractivity contribution < 1.29 is 0 Å². The summed E-state index contributed by atoms with van der Waals surface area (Å²) < 4.78 is 4.59. The third kappa shape index (κ3) is 2.21. The highest BCUT2D eigenvalue weighted by Gasteiger charge is 2.11. The van der Waals surface area contributed by atoms with E-state index in [0.717, 1.165) is 5.57 Å². The fraction of sp³-hybridized carbons (Fsp3) is 0.250. The average Bonchev–Trinajstić information content (AvgIpc) is 2.61. The van der Waals surface area contributed by atoms with Crippen molar-refractivity contribution in [3.63, 3.8) is 0 Å². The Hall–Kier alpha value is -1.53. The predicted octanol–water partition coefficient (Wildman–Crippen LogP) is 2.75. The Balaban J connectivity index is 2.70. The van der Waals surface area contributed by atoms with E-state index in [1.165, 1.54) is 11.3 Å². The van der Waals surface area contributed by atoms with Crippen molar-refractivity contribution in [2.45, 2.75) is 20.0 Å². The molecule has 0 atom stereocenters. The predicted molar refractivity (Wildman–Crippen MR) is 77.7 cm³/mol. The highest BCUT2D eigenvalue weighted by atomic mass is 32.1. The Morgan fingerprint density at radius 3 is 3.00 bits per heavy atom. The van der Waals surface area contributed by atoms with E-state index in [4.69, 9.17) is 12.2 Å². The average molecular weight is 279 g/mol. The summed E-state index contributed by atoms with van der Waals surface area (Å²) in [7, 11) is 0. The molecule has 2 aromatic rings. The highest BCUT2D eigenvalue weighted by Crippen LogP contribution is 2.17. The highest BCUT2D eigenvalue weighted by molar-refractivity contribution is 7.73. The van der Waals surface area contributed by atoms with Gasteiger partial charge in [0.15, 0.2) is 9.60 Å². The molecular weight excluding hydrogens is 266 g/mol. The minimum absolute atomic E-state index is 0.0677. The van der Waals surface area contributed by atoms with Gasteiger partial charge < -0.3 is 4.57 Å². The number of hydrogen-bond donors (Lipinski definition) is 0. The second-order valence-corrected chi connectivity index (χ2v) is 5.70. The van der Waals surface area contributed by atoms with Gasteiger partial charge in [-0.2, -0.15) is 0 Å². The summed E-state index contributed by atoms with van der Waals surface area (Å²) in [5.41, 5.74) is 1.47. The first-order chi connectivity index (χ1) is 8.54. The summed E-state index contributed by atoms with van der Waals surface area (Å²) in [6.45, 7) is 10.4. The molecule has 0 aliphatic carbocycles. The van der Waals surface area contributed by atoms with Crippen LogP contribution in [0.25, 0.3) is 10.3 Å². The molecule has 2 rings (SSSR count). The molecule has 6 heteroatoms. The fourth-order valence-corrected chi connectivity index (χ4v) is 2.98. The normalized spacial score (nSPS) is 10.7. The number of rotatable bonds is 4. The number of aromatic nitrogens is 3. The number of fused-ring (bicyclic) bond motifs is 1. The molecule has 18 heavy (non-hydrogen) atoms. The van der Waals surface area contributed by atoms with Crippen LogP contribution in [0.3, 0.4) is 0 Å². The first-order valence-corrected chi connectivity index (χ1v) is 6.61. The Kier molecular flexibility index (Phi) is 3.58. The molecule has 0 bridgehead atoms. The molecular formula is C12H13N3OS2. The Morgan fingerprint density at radius 2 is 2.39 bits per heavy atom. The minimum Gasteiger partial charge on any atom is -0.304 e. The van der Waals surface area contributed by atoms with E-state index in [2.05, 4.69) is 18.1 Å². The van der Waals surface area contributed by atoms with Gasteiger partial charge >= 0.3 is 0 Å². The van der Waals surface area contributed by atoms with Gasteiger partial charge in [-0.3, -0.25) is 9.36 Å². The molecule has 0 aliphatic heterocycles. The smallest absolute Gasteiger partial charge is 0.273 e. The molecule has 0 N–H and O–H groups in total. The van der Waals surface area contributed by atoms with Crippen LogP contribution in [-0.4, -0.2) is 14.1 Å². The van der Waals surface area contributed by atoms with E-state index in [1.54, 1.807) is 17.0 Å². The molecule has 94 valence electrons. The largest absolute Gasteiger partial charge is 0.304 e. The zero-order chi connectivity index (χ0) is 13.3. The van der Waals surface area contributed by atoms with Crippen LogP contribution in [-0.2, 0) is 13.1 Å². The summed E-state index contributed by atoms with van der Waals surface area (Å²) in [5, 5.41) is 0. The van der Waals surface area contributed by atoms with Gasteiger partial charge in [0.25, 0.3) is 5.56 Å². The van der Waals surface area contributed by atoms with E-state index in [1.807, 2.05) is 11.5 Å².